The van der Waals surface area contributed by atoms with Crippen LogP contribution in [0.3, 0.4) is 0 Å². The van der Waals surface area contributed by atoms with E-state index in [0.29, 0.717) is 24.9 Å². The van der Waals surface area contributed by atoms with Gasteiger partial charge in [0.2, 0.25) is 11.6 Å². The van der Waals surface area contributed by atoms with Crippen LogP contribution in [0.15, 0.2) is 34.4 Å². The molecule has 0 bridgehead atoms. The zero-order chi connectivity index (χ0) is 13.8. The molecular weight excluding hydrogens is 244 g/mol. The van der Waals surface area contributed by atoms with E-state index >= 15 is 0 Å². The van der Waals surface area contributed by atoms with Crippen molar-refractivity contribution >= 4 is 11.5 Å². The van der Waals surface area contributed by atoms with Gasteiger partial charge in [-0.3, -0.25) is 9.89 Å². The maximum absolute atomic E-state index is 5.72. The van der Waals surface area contributed by atoms with Crippen molar-refractivity contribution in [2.24, 2.45) is 9.98 Å². The van der Waals surface area contributed by atoms with E-state index < -0.39 is 0 Å². The summed E-state index contributed by atoms with van der Waals surface area (Å²) in [6.45, 7) is 6.40. The van der Waals surface area contributed by atoms with E-state index in [1.165, 1.54) is 6.20 Å². The van der Waals surface area contributed by atoms with Gasteiger partial charge in [0.05, 0.1) is 0 Å². The summed E-state index contributed by atoms with van der Waals surface area (Å²) >= 11 is 0. The molecule has 6 nitrogen and oxygen atoms in total. The number of rotatable bonds is 4. The molecule has 2 rings (SSSR count). The number of amidine groups is 1. The first-order valence-electron chi connectivity index (χ1n) is 6.27. The summed E-state index contributed by atoms with van der Waals surface area (Å²) in [4.78, 5) is 12.7. The van der Waals surface area contributed by atoms with E-state index in [9.17, 15) is 0 Å². The van der Waals surface area contributed by atoms with Gasteiger partial charge in [-0.25, -0.2) is 4.99 Å². The molecule has 0 saturated heterocycles. The van der Waals surface area contributed by atoms with Gasteiger partial charge in [0.25, 0.3) is 0 Å². The maximum Gasteiger partial charge on any atom is 0.241 e. The number of likely N-dealkylation sites (N-methyl/N-ethyl adjacent to an activating group) is 1. The van der Waals surface area contributed by atoms with Crippen molar-refractivity contribution in [1.82, 2.24) is 9.80 Å². The van der Waals surface area contributed by atoms with Crippen LogP contribution in [0, 0.1) is 0 Å². The molecule has 0 fully saturated rings. The zero-order valence-corrected chi connectivity index (χ0v) is 11.7. The fourth-order valence-corrected chi connectivity index (χ4v) is 2.03. The van der Waals surface area contributed by atoms with Gasteiger partial charge in [-0.05, 0) is 14.1 Å². The van der Waals surface area contributed by atoms with Crippen molar-refractivity contribution in [3.05, 3.63) is 24.4 Å². The first-order chi connectivity index (χ1) is 9.19. The Bertz CT molecular complexity index is 452. The van der Waals surface area contributed by atoms with Crippen molar-refractivity contribution in [1.29, 1.82) is 0 Å². The van der Waals surface area contributed by atoms with E-state index in [1.807, 2.05) is 19.0 Å². The van der Waals surface area contributed by atoms with E-state index in [1.54, 1.807) is 7.05 Å². The Labute approximate surface area is 113 Å². The molecule has 0 spiro atoms. The molecule has 0 unspecified atom stereocenters. The summed E-state index contributed by atoms with van der Waals surface area (Å²) in [5.74, 6) is 2.15. The van der Waals surface area contributed by atoms with Crippen molar-refractivity contribution in [2.75, 3.05) is 47.4 Å². The van der Waals surface area contributed by atoms with Crippen LogP contribution >= 0.6 is 0 Å². The highest BCUT2D eigenvalue weighted by molar-refractivity contribution is 6.49. The standard InChI is InChI=1S/C13H20N4O2/c1-5-15-12-10(14-2)11-13(19-9-8-18-11)17(12)7-6-16(3)4/h5H,1,6-9H2,2-4H3. The van der Waals surface area contributed by atoms with Crippen LogP contribution in [-0.4, -0.2) is 68.8 Å². The van der Waals surface area contributed by atoms with Crippen molar-refractivity contribution in [2.45, 2.75) is 0 Å². The van der Waals surface area contributed by atoms with Crippen LogP contribution in [0.4, 0.5) is 0 Å². The summed E-state index contributed by atoms with van der Waals surface area (Å²) in [5.41, 5.74) is 0.730. The molecule has 0 aromatic carbocycles. The molecule has 0 radical (unpaired) electrons. The molecule has 0 aromatic heterocycles. The Morgan fingerprint density at radius 3 is 2.74 bits per heavy atom. The minimum atomic E-state index is 0.542. The third-order valence-electron chi connectivity index (χ3n) is 2.90. The van der Waals surface area contributed by atoms with Crippen LogP contribution < -0.4 is 0 Å². The van der Waals surface area contributed by atoms with Gasteiger partial charge in [-0.2, -0.15) is 0 Å². The smallest absolute Gasteiger partial charge is 0.241 e. The Hall–Kier alpha value is -1.82. The molecule has 2 aliphatic rings. The van der Waals surface area contributed by atoms with Crippen molar-refractivity contribution in [3.8, 4) is 0 Å². The molecule has 0 saturated carbocycles. The number of hydrogen-bond acceptors (Lipinski definition) is 5. The maximum atomic E-state index is 5.72. The van der Waals surface area contributed by atoms with E-state index in [2.05, 4.69) is 21.5 Å². The normalized spacial score (nSPS) is 22.8. The van der Waals surface area contributed by atoms with Gasteiger partial charge >= 0.3 is 0 Å². The Balaban J connectivity index is 2.33. The second-order valence-electron chi connectivity index (χ2n) is 4.49. The number of hydrogen-bond donors (Lipinski definition) is 0. The molecule has 0 amide bonds. The molecule has 19 heavy (non-hydrogen) atoms. The van der Waals surface area contributed by atoms with Gasteiger partial charge < -0.3 is 14.4 Å². The fourth-order valence-electron chi connectivity index (χ4n) is 2.03. The Kier molecular flexibility index (Phi) is 4.21. The second kappa shape index (κ2) is 5.88. The summed E-state index contributed by atoms with van der Waals surface area (Å²) in [5, 5.41) is 0. The fraction of sp³-hybridized carbons (Fsp3) is 0.538. The third-order valence-corrected chi connectivity index (χ3v) is 2.90. The summed E-state index contributed by atoms with van der Waals surface area (Å²) < 4.78 is 11.4. The summed E-state index contributed by atoms with van der Waals surface area (Å²) in [7, 11) is 5.79. The topological polar surface area (TPSA) is 49.7 Å². The Morgan fingerprint density at radius 2 is 2.11 bits per heavy atom. The highest BCUT2D eigenvalue weighted by Gasteiger charge is 2.39. The quantitative estimate of drug-likeness (QED) is 0.749. The van der Waals surface area contributed by atoms with Crippen LogP contribution in [0.1, 0.15) is 0 Å². The van der Waals surface area contributed by atoms with Crippen LogP contribution in [0.25, 0.3) is 0 Å². The third kappa shape index (κ3) is 2.63. The number of aliphatic imine (C=N–C) groups is 2. The van der Waals surface area contributed by atoms with E-state index in [0.717, 1.165) is 24.6 Å². The molecule has 6 heteroatoms. The van der Waals surface area contributed by atoms with Gasteiger partial charge in [-0.1, -0.05) is 6.58 Å². The molecule has 0 aromatic rings. The lowest BCUT2D eigenvalue weighted by atomic mass is 10.3. The lowest BCUT2D eigenvalue weighted by Crippen LogP contribution is -2.35. The minimum absolute atomic E-state index is 0.542. The second-order valence-corrected chi connectivity index (χ2v) is 4.49. The number of nitrogens with zero attached hydrogens (tertiary/aromatic N) is 4. The highest BCUT2D eigenvalue weighted by atomic mass is 16.6. The van der Waals surface area contributed by atoms with Crippen molar-refractivity contribution in [3.63, 3.8) is 0 Å². The molecule has 0 N–H and O–H groups in total. The molecule has 2 heterocycles. The van der Waals surface area contributed by atoms with Crippen molar-refractivity contribution < 1.29 is 9.47 Å². The molecule has 2 aliphatic heterocycles. The SMILES string of the molecule is C=CN=C1C(=NC)C2=C(OCCO2)N1CCN(C)C. The van der Waals surface area contributed by atoms with Crippen LogP contribution in [0.2, 0.25) is 0 Å². The molecule has 0 aliphatic carbocycles. The molecule has 0 atom stereocenters. The highest BCUT2D eigenvalue weighted by Crippen LogP contribution is 2.27. The number of ether oxygens (including phenoxy) is 2. The predicted octanol–water partition coefficient (Wildman–Crippen LogP) is 0.692. The lowest BCUT2D eigenvalue weighted by molar-refractivity contribution is 0.0443. The van der Waals surface area contributed by atoms with Gasteiger partial charge in [0.1, 0.15) is 18.9 Å². The van der Waals surface area contributed by atoms with E-state index in [4.69, 9.17) is 9.47 Å². The lowest BCUT2D eigenvalue weighted by Gasteiger charge is -2.25. The predicted molar refractivity (Wildman–Crippen MR) is 75.2 cm³/mol. The minimum Gasteiger partial charge on any atom is -0.483 e. The average molecular weight is 264 g/mol. The zero-order valence-electron chi connectivity index (χ0n) is 11.7. The first kappa shape index (κ1) is 13.6. The van der Waals surface area contributed by atoms with Gasteiger partial charge in [0.15, 0.2) is 5.84 Å². The van der Waals surface area contributed by atoms with E-state index in [-0.39, 0.29) is 0 Å². The monoisotopic (exact) mass is 264 g/mol. The molecule has 104 valence electrons. The largest absolute Gasteiger partial charge is 0.483 e. The molecular formula is C13H20N4O2. The van der Waals surface area contributed by atoms with Gasteiger partial charge in [-0.15, -0.1) is 0 Å². The summed E-state index contributed by atoms with van der Waals surface area (Å²) in [6, 6.07) is 0. The van der Waals surface area contributed by atoms with Gasteiger partial charge in [0, 0.05) is 26.3 Å². The average Bonchev–Trinajstić information content (AvgIpc) is 2.70. The Morgan fingerprint density at radius 1 is 1.37 bits per heavy atom. The van der Waals surface area contributed by atoms with Crippen LogP contribution in [-0.2, 0) is 9.47 Å². The first-order valence-corrected chi connectivity index (χ1v) is 6.27. The van der Waals surface area contributed by atoms with Crippen LogP contribution in [0.5, 0.6) is 0 Å². The summed E-state index contributed by atoms with van der Waals surface area (Å²) in [6.07, 6.45) is 1.52.